The lowest BCUT2D eigenvalue weighted by molar-refractivity contribution is 0.0696. The normalized spacial score (nSPS) is 10.1. The van der Waals surface area contributed by atoms with Crippen molar-refractivity contribution in [3.8, 4) is 5.75 Å². The Morgan fingerprint density at radius 3 is 2.62 bits per heavy atom. The fourth-order valence-electron chi connectivity index (χ4n) is 1.78. The second-order valence-electron chi connectivity index (χ2n) is 4.35. The lowest BCUT2D eigenvalue weighted by Crippen LogP contribution is -2.23. The van der Waals surface area contributed by atoms with Crippen LogP contribution in [0.4, 0.5) is 0 Å². The highest BCUT2D eigenvalue weighted by molar-refractivity contribution is 9.10. The van der Waals surface area contributed by atoms with Gasteiger partial charge in [0.2, 0.25) is 0 Å². The van der Waals surface area contributed by atoms with Crippen LogP contribution in [0.3, 0.4) is 0 Å². The summed E-state index contributed by atoms with van der Waals surface area (Å²) in [5, 5.41) is 21.2. The van der Waals surface area contributed by atoms with Crippen LogP contribution in [0, 0.1) is 0 Å². The number of hydrogen-bond acceptors (Lipinski definition) is 3. The summed E-state index contributed by atoms with van der Waals surface area (Å²) < 4.78 is 0.679. The molecule has 0 aliphatic rings. The molecule has 6 heteroatoms. The van der Waals surface area contributed by atoms with Gasteiger partial charge in [-0.2, -0.15) is 0 Å². The zero-order valence-corrected chi connectivity index (χ0v) is 12.4. The van der Waals surface area contributed by atoms with Crippen LogP contribution in [0.15, 0.2) is 46.9 Å². The molecule has 0 aromatic heterocycles. The van der Waals surface area contributed by atoms with Crippen molar-refractivity contribution in [3.05, 3.63) is 63.6 Å². The number of aromatic hydroxyl groups is 1. The van der Waals surface area contributed by atoms with Gasteiger partial charge in [-0.25, -0.2) is 4.79 Å². The van der Waals surface area contributed by atoms with E-state index in [1.165, 1.54) is 24.3 Å². The van der Waals surface area contributed by atoms with Crippen molar-refractivity contribution in [2.45, 2.75) is 6.54 Å². The lowest BCUT2D eigenvalue weighted by atomic mass is 10.1. The van der Waals surface area contributed by atoms with Gasteiger partial charge in [-0.1, -0.05) is 28.1 Å². The number of rotatable bonds is 4. The maximum Gasteiger partial charge on any atom is 0.335 e. The molecular weight excluding hydrogens is 338 g/mol. The maximum absolute atomic E-state index is 12.0. The van der Waals surface area contributed by atoms with Crippen LogP contribution >= 0.6 is 15.9 Å². The van der Waals surface area contributed by atoms with Gasteiger partial charge in [0.05, 0.1) is 11.1 Å². The number of aromatic carboxylic acids is 1. The Morgan fingerprint density at radius 2 is 1.90 bits per heavy atom. The summed E-state index contributed by atoms with van der Waals surface area (Å²) in [5.74, 6) is -1.57. The van der Waals surface area contributed by atoms with E-state index in [0.29, 0.717) is 10.0 Å². The highest BCUT2D eigenvalue weighted by Gasteiger charge is 2.11. The van der Waals surface area contributed by atoms with E-state index in [9.17, 15) is 14.7 Å². The van der Waals surface area contributed by atoms with Crippen LogP contribution < -0.4 is 5.32 Å². The molecule has 0 aliphatic carbocycles. The van der Waals surface area contributed by atoms with E-state index < -0.39 is 11.9 Å². The molecule has 0 bridgehead atoms. The predicted octanol–water partition coefficient (Wildman–Crippen LogP) is 2.78. The van der Waals surface area contributed by atoms with E-state index >= 15 is 0 Å². The average Bonchev–Trinajstić information content (AvgIpc) is 2.47. The molecule has 0 radical (unpaired) electrons. The van der Waals surface area contributed by atoms with E-state index in [1.807, 2.05) is 0 Å². The number of halogens is 1. The molecule has 3 N–H and O–H groups in total. The minimum absolute atomic E-state index is 0.116. The molecule has 2 rings (SSSR count). The first kappa shape index (κ1) is 15.1. The number of hydrogen-bond donors (Lipinski definition) is 3. The monoisotopic (exact) mass is 349 g/mol. The summed E-state index contributed by atoms with van der Waals surface area (Å²) in [6, 6.07) is 10.9. The Hall–Kier alpha value is -2.34. The zero-order chi connectivity index (χ0) is 15.4. The third kappa shape index (κ3) is 3.82. The molecule has 5 nitrogen and oxygen atoms in total. The molecule has 0 aliphatic heterocycles. The lowest BCUT2D eigenvalue weighted by Gasteiger charge is -2.08. The van der Waals surface area contributed by atoms with E-state index in [4.69, 9.17) is 5.11 Å². The van der Waals surface area contributed by atoms with Gasteiger partial charge in [0, 0.05) is 11.0 Å². The molecule has 0 spiro atoms. The summed E-state index contributed by atoms with van der Waals surface area (Å²) in [6.07, 6.45) is 0. The van der Waals surface area contributed by atoms with Gasteiger partial charge in [0.15, 0.2) is 0 Å². The standard InChI is InChI=1S/C15H12BrNO4/c16-11-4-5-13(18)12(7-11)14(19)17-8-9-2-1-3-10(6-9)15(20)21/h1-7,18H,8H2,(H,17,19)(H,20,21). The average molecular weight is 350 g/mol. The van der Waals surface area contributed by atoms with Gasteiger partial charge in [0.25, 0.3) is 5.91 Å². The van der Waals surface area contributed by atoms with E-state index in [0.717, 1.165) is 0 Å². The van der Waals surface area contributed by atoms with E-state index in [-0.39, 0.29) is 23.4 Å². The molecular formula is C15H12BrNO4. The van der Waals surface area contributed by atoms with Crippen LogP contribution in [-0.2, 0) is 6.54 Å². The van der Waals surface area contributed by atoms with Crippen LogP contribution in [0.25, 0.3) is 0 Å². The first-order valence-electron chi connectivity index (χ1n) is 6.06. The number of phenolic OH excluding ortho intramolecular Hbond substituents is 1. The number of carbonyl (C=O) groups excluding carboxylic acids is 1. The molecule has 0 unspecified atom stereocenters. The minimum Gasteiger partial charge on any atom is -0.507 e. The van der Waals surface area contributed by atoms with Crippen molar-refractivity contribution < 1.29 is 19.8 Å². The fourth-order valence-corrected chi connectivity index (χ4v) is 2.14. The largest absolute Gasteiger partial charge is 0.507 e. The van der Waals surface area contributed by atoms with Gasteiger partial charge in [-0.15, -0.1) is 0 Å². The minimum atomic E-state index is -1.02. The first-order chi connectivity index (χ1) is 9.97. The molecule has 2 aromatic rings. The van der Waals surface area contributed by atoms with Gasteiger partial charge in [0.1, 0.15) is 5.75 Å². The Balaban J connectivity index is 2.09. The molecule has 0 saturated carbocycles. The topological polar surface area (TPSA) is 86.6 Å². The number of carbonyl (C=O) groups is 2. The van der Waals surface area contributed by atoms with Crippen molar-refractivity contribution in [1.82, 2.24) is 5.32 Å². The molecule has 0 fully saturated rings. The zero-order valence-electron chi connectivity index (χ0n) is 10.8. The number of carboxylic acids is 1. The molecule has 108 valence electrons. The SMILES string of the molecule is O=C(O)c1cccc(CNC(=O)c2cc(Br)ccc2O)c1. The Labute approximate surface area is 129 Å². The maximum atomic E-state index is 12.0. The molecule has 0 heterocycles. The molecule has 0 saturated heterocycles. The Morgan fingerprint density at radius 1 is 1.14 bits per heavy atom. The van der Waals surface area contributed by atoms with Crippen LogP contribution in [0.5, 0.6) is 5.75 Å². The number of nitrogens with one attached hydrogen (secondary N) is 1. The quantitative estimate of drug-likeness (QED) is 0.791. The number of benzene rings is 2. The van der Waals surface area contributed by atoms with Gasteiger partial charge in [-0.05, 0) is 35.9 Å². The molecule has 21 heavy (non-hydrogen) atoms. The van der Waals surface area contributed by atoms with E-state index in [2.05, 4.69) is 21.2 Å². The summed E-state index contributed by atoms with van der Waals surface area (Å²) >= 11 is 3.23. The Kier molecular flexibility index (Phi) is 4.59. The molecule has 2 aromatic carbocycles. The third-order valence-corrected chi connectivity index (χ3v) is 3.32. The number of phenols is 1. The van der Waals surface area contributed by atoms with Gasteiger partial charge < -0.3 is 15.5 Å². The fraction of sp³-hybridized carbons (Fsp3) is 0.0667. The predicted molar refractivity (Wildman–Crippen MR) is 80.4 cm³/mol. The van der Waals surface area contributed by atoms with Crippen molar-refractivity contribution in [3.63, 3.8) is 0 Å². The summed E-state index contributed by atoms with van der Waals surface area (Å²) in [6.45, 7) is 0.173. The van der Waals surface area contributed by atoms with Crippen molar-refractivity contribution >= 4 is 27.8 Å². The summed E-state index contributed by atoms with van der Waals surface area (Å²) in [7, 11) is 0. The van der Waals surface area contributed by atoms with Crippen molar-refractivity contribution in [2.75, 3.05) is 0 Å². The van der Waals surface area contributed by atoms with Crippen molar-refractivity contribution in [1.29, 1.82) is 0 Å². The third-order valence-electron chi connectivity index (χ3n) is 2.83. The van der Waals surface area contributed by atoms with Gasteiger partial charge >= 0.3 is 5.97 Å². The highest BCUT2D eigenvalue weighted by atomic mass is 79.9. The summed E-state index contributed by atoms with van der Waals surface area (Å²) in [4.78, 5) is 22.9. The summed E-state index contributed by atoms with van der Waals surface area (Å²) in [5.41, 5.74) is 0.976. The number of carboxylic acid groups (broad SMARTS) is 1. The van der Waals surface area contributed by atoms with Gasteiger partial charge in [-0.3, -0.25) is 4.79 Å². The van der Waals surface area contributed by atoms with E-state index in [1.54, 1.807) is 18.2 Å². The van der Waals surface area contributed by atoms with Crippen LogP contribution in [0.2, 0.25) is 0 Å². The first-order valence-corrected chi connectivity index (χ1v) is 6.85. The smallest absolute Gasteiger partial charge is 0.335 e. The highest BCUT2D eigenvalue weighted by Crippen LogP contribution is 2.21. The number of amides is 1. The van der Waals surface area contributed by atoms with Crippen molar-refractivity contribution in [2.24, 2.45) is 0 Å². The molecule has 1 amide bonds. The Bertz CT molecular complexity index is 700. The second kappa shape index (κ2) is 6.41. The van der Waals surface area contributed by atoms with Crippen LogP contribution in [0.1, 0.15) is 26.3 Å². The van der Waals surface area contributed by atoms with Crippen LogP contribution in [-0.4, -0.2) is 22.1 Å². The molecule has 0 atom stereocenters. The second-order valence-corrected chi connectivity index (χ2v) is 5.27.